The summed E-state index contributed by atoms with van der Waals surface area (Å²) in [6.45, 7) is 4.99. The number of aryl methyl sites for hydroxylation is 1. The van der Waals surface area contributed by atoms with Gasteiger partial charge < -0.3 is 5.32 Å². The number of nitriles is 1. The SMILES string of the molecule is Cc1cc(C#N)ccc1CN[C@H](C)c1cccc(Br)c1. The summed E-state index contributed by atoms with van der Waals surface area (Å²) >= 11 is 3.50. The molecule has 2 rings (SSSR count). The monoisotopic (exact) mass is 328 g/mol. The van der Waals surface area contributed by atoms with E-state index >= 15 is 0 Å². The quantitative estimate of drug-likeness (QED) is 0.898. The lowest BCUT2D eigenvalue weighted by molar-refractivity contribution is 0.573. The van der Waals surface area contributed by atoms with Gasteiger partial charge in [-0.2, -0.15) is 5.26 Å². The molecule has 3 heteroatoms. The first-order valence-corrected chi connectivity index (χ1v) is 7.38. The number of nitrogens with zero attached hydrogens (tertiary/aromatic N) is 1. The molecule has 0 bridgehead atoms. The first-order chi connectivity index (χ1) is 9.60. The van der Waals surface area contributed by atoms with Crippen molar-refractivity contribution in [3.8, 4) is 6.07 Å². The van der Waals surface area contributed by atoms with Gasteiger partial charge in [-0.05, 0) is 54.8 Å². The molecule has 20 heavy (non-hydrogen) atoms. The molecule has 1 atom stereocenters. The van der Waals surface area contributed by atoms with Crippen LogP contribution in [0.2, 0.25) is 0 Å². The Bertz CT molecular complexity index is 644. The Morgan fingerprint density at radius 3 is 2.70 bits per heavy atom. The molecule has 0 heterocycles. The van der Waals surface area contributed by atoms with Crippen LogP contribution in [0, 0.1) is 18.3 Å². The molecule has 0 spiro atoms. The van der Waals surface area contributed by atoms with E-state index in [9.17, 15) is 0 Å². The summed E-state index contributed by atoms with van der Waals surface area (Å²) < 4.78 is 1.10. The molecule has 0 amide bonds. The minimum atomic E-state index is 0.280. The topological polar surface area (TPSA) is 35.8 Å². The molecule has 0 aliphatic carbocycles. The molecule has 0 saturated heterocycles. The van der Waals surface area contributed by atoms with Gasteiger partial charge in [0.25, 0.3) is 0 Å². The second-order valence-corrected chi connectivity index (χ2v) is 5.83. The summed E-state index contributed by atoms with van der Waals surface area (Å²) in [5.41, 5.74) is 4.35. The molecule has 1 N–H and O–H groups in total. The van der Waals surface area contributed by atoms with E-state index in [0.29, 0.717) is 5.56 Å². The second kappa shape index (κ2) is 6.69. The van der Waals surface area contributed by atoms with Gasteiger partial charge in [-0.3, -0.25) is 0 Å². The molecule has 0 unspecified atom stereocenters. The molecule has 0 aliphatic rings. The van der Waals surface area contributed by atoms with Crippen molar-refractivity contribution >= 4 is 15.9 Å². The summed E-state index contributed by atoms with van der Waals surface area (Å²) in [5.74, 6) is 0. The lowest BCUT2D eigenvalue weighted by Crippen LogP contribution is -2.18. The minimum Gasteiger partial charge on any atom is -0.306 e. The Morgan fingerprint density at radius 2 is 2.05 bits per heavy atom. The van der Waals surface area contributed by atoms with E-state index in [1.807, 2.05) is 37.3 Å². The van der Waals surface area contributed by atoms with Gasteiger partial charge >= 0.3 is 0 Å². The molecule has 0 radical (unpaired) electrons. The molecule has 0 saturated carbocycles. The van der Waals surface area contributed by atoms with Crippen molar-refractivity contribution in [2.24, 2.45) is 0 Å². The highest BCUT2D eigenvalue weighted by molar-refractivity contribution is 9.10. The molecule has 2 aromatic carbocycles. The molecule has 0 aliphatic heterocycles. The van der Waals surface area contributed by atoms with Gasteiger partial charge in [-0.25, -0.2) is 0 Å². The van der Waals surface area contributed by atoms with Gasteiger partial charge in [0.2, 0.25) is 0 Å². The summed E-state index contributed by atoms with van der Waals surface area (Å²) in [7, 11) is 0. The number of nitrogens with one attached hydrogen (secondary N) is 1. The van der Waals surface area contributed by atoms with Gasteiger partial charge in [0.1, 0.15) is 0 Å². The molecular weight excluding hydrogens is 312 g/mol. The van der Waals surface area contributed by atoms with Crippen molar-refractivity contribution in [2.75, 3.05) is 0 Å². The first-order valence-electron chi connectivity index (χ1n) is 6.58. The highest BCUT2D eigenvalue weighted by Crippen LogP contribution is 2.19. The van der Waals surface area contributed by atoms with Crippen molar-refractivity contribution in [3.05, 3.63) is 69.2 Å². The third kappa shape index (κ3) is 3.69. The Hall–Kier alpha value is -1.63. The van der Waals surface area contributed by atoms with E-state index in [1.54, 1.807) is 0 Å². The van der Waals surface area contributed by atoms with E-state index in [-0.39, 0.29) is 6.04 Å². The smallest absolute Gasteiger partial charge is 0.0991 e. The van der Waals surface area contributed by atoms with Crippen molar-refractivity contribution in [1.82, 2.24) is 5.32 Å². The molecule has 0 fully saturated rings. The highest BCUT2D eigenvalue weighted by Gasteiger charge is 2.06. The van der Waals surface area contributed by atoms with Crippen LogP contribution >= 0.6 is 15.9 Å². The fourth-order valence-electron chi connectivity index (χ4n) is 2.12. The van der Waals surface area contributed by atoms with E-state index in [4.69, 9.17) is 5.26 Å². The fraction of sp³-hybridized carbons (Fsp3) is 0.235. The van der Waals surface area contributed by atoms with Gasteiger partial charge in [0, 0.05) is 17.1 Å². The lowest BCUT2D eigenvalue weighted by Gasteiger charge is -2.16. The maximum absolute atomic E-state index is 8.88. The second-order valence-electron chi connectivity index (χ2n) is 4.91. The van der Waals surface area contributed by atoms with Crippen LogP contribution in [0.25, 0.3) is 0 Å². The van der Waals surface area contributed by atoms with Crippen molar-refractivity contribution in [2.45, 2.75) is 26.4 Å². The summed E-state index contributed by atoms with van der Waals surface area (Å²) in [4.78, 5) is 0. The number of halogens is 1. The van der Waals surface area contributed by atoms with Crippen LogP contribution in [0.1, 0.15) is 35.2 Å². The minimum absolute atomic E-state index is 0.280. The van der Waals surface area contributed by atoms with Crippen LogP contribution in [0.3, 0.4) is 0 Å². The predicted molar refractivity (Wildman–Crippen MR) is 85.3 cm³/mol. The average molecular weight is 329 g/mol. The molecule has 0 aromatic heterocycles. The Kier molecular flexibility index (Phi) is 4.94. The van der Waals surface area contributed by atoms with Crippen LogP contribution in [0.15, 0.2) is 46.9 Å². The summed E-state index contributed by atoms with van der Waals surface area (Å²) in [5, 5.41) is 12.4. The molecular formula is C17H17BrN2. The normalized spacial score (nSPS) is 11.9. The van der Waals surface area contributed by atoms with E-state index in [2.05, 4.69) is 46.4 Å². The molecule has 2 nitrogen and oxygen atoms in total. The third-order valence-corrected chi connectivity index (χ3v) is 3.91. The number of hydrogen-bond donors (Lipinski definition) is 1. The standard InChI is InChI=1S/C17H17BrN2/c1-12-8-14(10-19)6-7-16(12)11-20-13(2)15-4-3-5-17(18)9-15/h3-9,13,20H,11H2,1-2H3/t13-/m1/s1. The van der Waals surface area contributed by atoms with Crippen LogP contribution < -0.4 is 5.32 Å². The maximum Gasteiger partial charge on any atom is 0.0991 e. The van der Waals surface area contributed by atoms with Crippen molar-refractivity contribution in [1.29, 1.82) is 5.26 Å². The third-order valence-electron chi connectivity index (χ3n) is 3.42. The molecule has 102 valence electrons. The van der Waals surface area contributed by atoms with Crippen LogP contribution in [0.4, 0.5) is 0 Å². The van der Waals surface area contributed by atoms with Crippen LogP contribution in [0.5, 0.6) is 0 Å². The van der Waals surface area contributed by atoms with Crippen molar-refractivity contribution < 1.29 is 0 Å². The van der Waals surface area contributed by atoms with E-state index in [1.165, 1.54) is 11.1 Å². The number of hydrogen-bond acceptors (Lipinski definition) is 2. The fourth-order valence-corrected chi connectivity index (χ4v) is 2.54. The summed E-state index contributed by atoms with van der Waals surface area (Å²) in [6, 6.07) is 16.6. The Labute approximate surface area is 128 Å². The zero-order valence-corrected chi connectivity index (χ0v) is 13.2. The number of rotatable bonds is 4. The van der Waals surface area contributed by atoms with Crippen LogP contribution in [-0.2, 0) is 6.54 Å². The highest BCUT2D eigenvalue weighted by atomic mass is 79.9. The Morgan fingerprint density at radius 1 is 1.25 bits per heavy atom. The van der Waals surface area contributed by atoms with Crippen LogP contribution in [-0.4, -0.2) is 0 Å². The number of benzene rings is 2. The van der Waals surface area contributed by atoms with Gasteiger partial charge in [-0.1, -0.05) is 34.1 Å². The maximum atomic E-state index is 8.88. The first kappa shape index (κ1) is 14.8. The predicted octanol–water partition coefficient (Wildman–Crippen LogP) is 4.48. The molecule has 2 aromatic rings. The summed E-state index contributed by atoms with van der Waals surface area (Å²) in [6.07, 6.45) is 0. The largest absolute Gasteiger partial charge is 0.306 e. The van der Waals surface area contributed by atoms with Gasteiger partial charge in [-0.15, -0.1) is 0 Å². The lowest BCUT2D eigenvalue weighted by atomic mass is 10.0. The van der Waals surface area contributed by atoms with E-state index in [0.717, 1.165) is 16.6 Å². The van der Waals surface area contributed by atoms with E-state index < -0.39 is 0 Å². The van der Waals surface area contributed by atoms with Gasteiger partial charge in [0.05, 0.1) is 11.6 Å². The van der Waals surface area contributed by atoms with Gasteiger partial charge in [0.15, 0.2) is 0 Å². The zero-order chi connectivity index (χ0) is 14.5. The average Bonchev–Trinajstić information content (AvgIpc) is 2.45. The zero-order valence-electron chi connectivity index (χ0n) is 11.7. The van der Waals surface area contributed by atoms with Crippen molar-refractivity contribution in [3.63, 3.8) is 0 Å². The Balaban J connectivity index is 2.04.